The van der Waals surface area contributed by atoms with Crippen LogP contribution in [0.25, 0.3) is 0 Å². The maximum atomic E-state index is 11.8. The molecule has 0 saturated carbocycles. The molecule has 0 unspecified atom stereocenters. The predicted octanol–water partition coefficient (Wildman–Crippen LogP) is 3.31. The Morgan fingerprint density at radius 1 is 1.23 bits per heavy atom. The van der Waals surface area contributed by atoms with Crippen LogP contribution in [0.5, 0.6) is 0 Å². The zero-order valence-electron chi connectivity index (χ0n) is 15.3. The van der Waals surface area contributed by atoms with E-state index in [1.54, 1.807) is 11.3 Å². The lowest BCUT2D eigenvalue weighted by atomic mass is 10.4. The number of aromatic nitrogens is 1. The highest BCUT2D eigenvalue weighted by atomic mass is 127. The van der Waals surface area contributed by atoms with Crippen molar-refractivity contribution in [3.8, 4) is 0 Å². The van der Waals surface area contributed by atoms with Crippen LogP contribution >= 0.6 is 46.7 Å². The first-order chi connectivity index (χ1) is 12.1. The van der Waals surface area contributed by atoms with E-state index in [0.29, 0.717) is 13.1 Å². The first-order valence-corrected chi connectivity index (χ1v) is 10.1. The number of aryl methyl sites for hydroxylation is 2. The number of nitrogens with one attached hydrogen (secondary N) is 3. The number of hydrogen-bond acceptors (Lipinski definition) is 5. The molecular formula is C17H26IN5OS2. The van der Waals surface area contributed by atoms with E-state index in [1.165, 1.54) is 16.2 Å². The fraction of sp³-hybridized carbons (Fsp3) is 0.471. The molecule has 0 fully saturated rings. The van der Waals surface area contributed by atoms with Gasteiger partial charge in [0.2, 0.25) is 0 Å². The van der Waals surface area contributed by atoms with E-state index < -0.39 is 0 Å². The molecule has 0 aliphatic rings. The molecule has 0 aliphatic heterocycles. The lowest BCUT2D eigenvalue weighted by molar-refractivity contribution is 0.0957. The minimum Gasteiger partial charge on any atom is -0.357 e. The van der Waals surface area contributed by atoms with Gasteiger partial charge in [-0.25, -0.2) is 9.98 Å². The minimum absolute atomic E-state index is 0. The smallest absolute Gasteiger partial charge is 0.261 e. The van der Waals surface area contributed by atoms with Crippen LogP contribution in [-0.2, 0) is 6.54 Å². The molecule has 2 aromatic rings. The normalized spacial score (nSPS) is 11.0. The quantitative estimate of drug-likeness (QED) is 0.222. The van der Waals surface area contributed by atoms with E-state index >= 15 is 0 Å². The zero-order valence-corrected chi connectivity index (χ0v) is 19.3. The highest BCUT2D eigenvalue weighted by Gasteiger charge is 2.05. The molecule has 6 nitrogen and oxygen atoms in total. The Kier molecular flexibility index (Phi) is 10.7. The number of amides is 1. The molecule has 0 spiro atoms. The van der Waals surface area contributed by atoms with Gasteiger partial charge in [0, 0.05) is 24.5 Å². The lowest BCUT2D eigenvalue weighted by Gasteiger charge is -2.11. The van der Waals surface area contributed by atoms with Crippen LogP contribution in [0.2, 0.25) is 0 Å². The first kappa shape index (κ1) is 22.8. The number of thiophene rings is 1. The third kappa shape index (κ3) is 7.58. The standard InChI is InChI=1S/C17H25N5OS2.HI/c1-4-18-17(21-11-15-22-12(2)13(3)25-15)20-9-6-8-19-16(23)14-7-5-10-24-14;/h5,7,10H,4,6,8-9,11H2,1-3H3,(H,19,23)(H2,18,20,21);1H. The Labute approximate surface area is 179 Å². The molecule has 26 heavy (non-hydrogen) atoms. The summed E-state index contributed by atoms with van der Waals surface area (Å²) in [6.07, 6.45) is 0.830. The van der Waals surface area contributed by atoms with Crippen LogP contribution < -0.4 is 16.0 Å². The second-order valence-electron chi connectivity index (χ2n) is 5.46. The number of thiazole rings is 1. The lowest BCUT2D eigenvalue weighted by Crippen LogP contribution is -2.38. The highest BCUT2D eigenvalue weighted by Crippen LogP contribution is 2.16. The molecular weight excluding hydrogens is 481 g/mol. The Morgan fingerprint density at radius 3 is 2.62 bits per heavy atom. The SMILES string of the molecule is CCNC(=NCc1nc(C)c(C)s1)NCCCNC(=O)c1cccs1.I. The van der Waals surface area contributed by atoms with E-state index in [4.69, 9.17) is 0 Å². The molecule has 0 aliphatic carbocycles. The Bertz CT molecular complexity index is 681. The van der Waals surface area contributed by atoms with Crippen LogP contribution in [-0.4, -0.2) is 36.5 Å². The van der Waals surface area contributed by atoms with E-state index in [9.17, 15) is 4.79 Å². The van der Waals surface area contributed by atoms with Crippen molar-refractivity contribution in [2.45, 2.75) is 33.7 Å². The predicted molar refractivity (Wildman–Crippen MR) is 121 cm³/mol. The maximum absolute atomic E-state index is 11.8. The van der Waals surface area contributed by atoms with Crippen LogP contribution in [0.1, 0.15) is 38.6 Å². The molecule has 0 aromatic carbocycles. The van der Waals surface area contributed by atoms with Crippen LogP contribution in [0.4, 0.5) is 0 Å². The third-order valence-corrected chi connectivity index (χ3v) is 5.39. The van der Waals surface area contributed by atoms with Crippen LogP contribution in [0, 0.1) is 13.8 Å². The van der Waals surface area contributed by atoms with E-state index in [2.05, 4.69) is 32.9 Å². The van der Waals surface area contributed by atoms with Crippen molar-refractivity contribution < 1.29 is 4.79 Å². The van der Waals surface area contributed by atoms with Gasteiger partial charge in [-0.1, -0.05) is 6.07 Å². The van der Waals surface area contributed by atoms with Crippen molar-refractivity contribution in [2.24, 2.45) is 4.99 Å². The van der Waals surface area contributed by atoms with E-state index in [-0.39, 0.29) is 29.9 Å². The van der Waals surface area contributed by atoms with Gasteiger partial charge in [0.1, 0.15) is 5.01 Å². The van der Waals surface area contributed by atoms with Crippen molar-refractivity contribution in [3.63, 3.8) is 0 Å². The summed E-state index contributed by atoms with van der Waals surface area (Å²) in [6, 6.07) is 3.71. The van der Waals surface area contributed by atoms with E-state index in [0.717, 1.165) is 41.0 Å². The fourth-order valence-electron chi connectivity index (χ4n) is 2.09. The number of carbonyl (C=O) groups is 1. The van der Waals surface area contributed by atoms with Gasteiger partial charge in [-0.05, 0) is 38.6 Å². The molecule has 2 heterocycles. The average Bonchev–Trinajstić information content (AvgIpc) is 3.22. The van der Waals surface area contributed by atoms with E-state index in [1.807, 2.05) is 31.4 Å². The van der Waals surface area contributed by atoms with Crippen molar-refractivity contribution in [3.05, 3.63) is 38.0 Å². The van der Waals surface area contributed by atoms with Crippen molar-refractivity contribution in [1.82, 2.24) is 20.9 Å². The van der Waals surface area contributed by atoms with Gasteiger partial charge in [-0.2, -0.15) is 0 Å². The van der Waals surface area contributed by atoms with Gasteiger partial charge >= 0.3 is 0 Å². The second kappa shape index (κ2) is 12.2. The van der Waals surface area contributed by atoms with Gasteiger partial charge < -0.3 is 16.0 Å². The van der Waals surface area contributed by atoms with Gasteiger partial charge in [0.25, 0.3) is 5.91 Å². The third-order valence-electron chi connectivity index (χ3n) is 3.47. The highest BCUT2D eigenvalue weighted by molar-refractivity contribution is 14.0. The number of carbonyl (C=O) groups excluding carboxylic acids is 1. The summed E-state index contributed by atoms with van der Waals surface area (Å²) in [5.74, 6) is 0.766. The minimum atomic E-state index is -0.00918. The molecule has 144 valence electrons. The maximum Gasteiger partial charge on any atom is 0.261 e. The number of guanidine groups is 1. The topological polar surface area (TPSA) is 78.4 Å². The zero-order chi connectivity index (χ0) is 18.1. The summed E-state index contributed by atoms with van der Waals surface area (Å²) in [4.78, 5) is 22.9. The van der Waals surface area contributed by atoms with Crippen molar-refractivity contribution in [1.29, 1.82) is 0 Å². The van der Waals surface area contributed by atoms with Gasteiger partial charge in [0.05, 0.1) is 17.1 Å². The summed E-state index contributed by atoms with van der Waals surface area (Å²) in [5, 5.41) is 12.4. The van der Waals surface area contributed by atoms with Gasteiger partial charge in [0.15, 0.2) is 5.96 Å². The Balaban J connectivity index is 0.00000338. The summed E-state index contributed by atoms with van der Waals surface area (Å²) in [5.41, 5.74) is 1.08. The fourth-order valence-corrected chi connectivity index (χ4v) is 3.59. The van der Waals surface area contributed by atoms with Crippen molar-refractivity contribution in [2.75, 3.05) is 19.6 Å². The number of hydrogen-bond donors (Lipinski definition) is 3. The monoisotopic (exact) mass is 507 g/mol. The molecule has 2 aromatic heterocycles. The number of halogens is 1. The van der Waals surface area contributed by atoms with Gasteiger partial charge in [-0.15, -0.1) is 46.7 Å². The molecule has 0 atom stereocenters. The van der Waals surface area contributed by atoms with Crippen LogP contribution in [0.15, 0.2) is 22.5 Å². The number of rotatable bonds is 8. The molecule has 1 amide bonds. The Hall–Kier alpha value is -1.20. The van der Waals surface area contributed by atoms with Gasteiger partial charge in [-0.3, -0.25) is 4.79 Å². The first-order valence-electron chi connectivity index (χ1n) is 8.37. The molecule has 9 heteroatoms. The summed E-state index contributed by atoms with van der Waals surface area (Å²) in [7, 11) is 0. The summed E-state index contributed by atoms with van der Waals surface area (Å²) < 4.78 is 0. The van der Waals surface area contributed by atoms with Crippen LogP contribution in [0.3, 0.4) is 0 Å². The largest absolute Gasteiger partial charge is 0.357 e. The van der Waals surface area contributed by atoms with Crippen molar-refractivity contribution >= 4 is 58.5 Å². The average molecular weight is 507 g/mol. The summed E-state index contributed by atoms with van der Waals surface area (Å²) in [6.45, 7) is 8.89. The number of aliphatic imine (C=N–C) groups is 1. The molecule has 3 N–H and O–H groups in total. The molecule has 2 rings (SSSR count). The molecule has 0 saturated heterocycles. The Morgan fingerprint density at radius 2 is 2.00 bits per heavy atom. The second-order valence-corrected chi connectivity index (χ2v) is 7.69. The molecule has 0 radical (unpaired) electrons. The summed E-state index contributed by atoms with van der Waals surface area (Å²) >= 11 is 3.14. The number of nitrogens with zero attached hydrogens (tertiary/aromatic N) is 2. The molecule has 0 bridgehead atoms.